The number of amides is 1. The van der Waals surface area contributed by atoms with Gasteiger partial charge in [0.15, 0.2) is 5.69 Å². The second-order valence-corrected chi connectivity index (χ2v) is 4.52. The number of nitro groups is 1. The van der Waals surface area contributed by atoms with Gasteiger partial charge in [0.1, 0.15) is 0 Å². The summed E-state index contributed by atoms with van der Waals surface area (Å²) in [5.41, 5.74) is -0.292. The Kier molecular flexibility index (Phi) is 3.84. The van der Waals surface area contributed by atoms with Crippen LogP contribution in [0.2, 0.25) is 0 Å². The second kappa shape index (κ2) is 4.96. The second-order valence-electron chi connectivity index (χ2n) is 4.52. The Morgan fingerprint density at radius 3 is 2.71 bits per heavy atom. The number of H-pyrrole nitrogens is 1. The Balaban J connectivity index is 2.61. The van der Waals surface area contributed by atoms with Gasteiger partial charge >= 0.3 is 5.82 Å². The Morgan fingerprint density at radius 1 is 1.59 bits per heavy atom. The Hall–Kier alpha value is -1.89. The van der Waals surface area contributed by atoms with Crippen LogP contribution in [0.1, 0.15) is 24.3 Å². The SMILES string of the molecule is CC(C)(CO)CNC(=O)c1ccc([N+](=O)[O-])[nH]1. The zero-order valence-electron chi connectivity index (χ0n) is 9.69. The molecule has 0 saturated heterocycles. The summed E-state index contributed by atoms with van der Waals surface area (Å²) < 4.78 is 0. The molecule has 1 rings (SSSR count). The number of carbonyl (C=O) groups excluding carboxylic acids is 1. The molecule has 0 saturated carbocycles. The van der Waals surface area contributed by atoms with Gasteiger partial charge < -0.3 is 20.5 Å². The molecular weight excluding hydrogens is 226 g/mol. The molecule has 3 N–H and O–H groups in total. The quantitative estimate of drug-likeness (QED) is 0.520. The van der Waals surface area contributed by atoms with Crippen LogP contribution in [0, 0.1) is 15.5 Å². The number of aliphatic hydroxyl groups excluding tert-OH is 1. The molecule has 0 fully saturated rings. The molecule has 1 amide bonds. The van der Waals surface area contributed by atoms with Crippen LogP contribution in [0.3, 0.4) is 0 Å². The van der Waals surface area contributed by atoms with Gasteiger partial charge in [-0.1, -0.05) is 13.8 Å². The third kappa shape index (κ3) is 3.56. The number of nitrogens with zero attached hydrogens (tertiary/aromatic N) is 1. The molecule has 0 bridgehead atoms. The van der Waals surface area contributed by atoms with Crippen LogP contribution in [0.15, 0.2) is 12.1 Å². The van der Waals surface area contributed by atoms with E-state index in [4.69, 9.17) is 5.11 Å². The number of hydrogen-bond donors (Lipinski definition) is 3. The minimum Gasteiger partial charge on any atom is -0.396 e. The molecule has 1 aromatic rings. The van der Waals surface area contributed by atoms with Gasteiger partial charge in [0, 0.05) is 24.6 Å². The Bertz CT molecular complexity index is 425. The fourth-order valence-electron chi connectivity index (χ4n) is 1.09. The van der Waals surface area contributed by atoms with Crippen LogP contribution in [-0.2, 0) is 0 Å². The topological polar surface area (TPSA) is 108 Å². The molecule has 0 aromatic carbocycles. The third-order valence-corrected chi connectivity index (χ3v) is 2.27. The molecule has 0 aliphatic carbocycles. The molecule has 0 radical (unpaired) electrons. The average molecular weight is 241 g/mol. The summed E-state index contributed by atoms with van der Waals surface area (Å²) in [6.07, 6.45) is 0. The Labute approximate surface area is 98.0 Å². The zero-order chi connectivity index (χ0) is 13.1. The number of aliphatic hydroxyl groups is 1. The number of aromatic nitrogens is 1. The number of carbonyl (C=O) groups is 1. The molecule has 0 aliphatic rings. The lowest BCUT2D eigenvalue weighted by atomic mass is 9.95. The van der Waals surface area contributed by atoms with Gasteiger partial charge in [-0.15, -0.1) is 0 Å². The normalized spacial score (nSPS) is 11.2. The van der Waals surface area contributed by atoms with E-state index in [-0.39, 0.29) is 24.7 Å². The van der Waals surface area contributed by atoms with Gasteiger partial charge in [-0.2, -0.15) is 0 Å². The zero-order valence-corrected chi connectivity index (χ0v) is 9.69. The van der Waals surface area contributed by atoms with Crippen molar-refractivity contribution >= 4 is 11.7 Å². The van der Waals surface area contributed by atoms with Crippen LogP contribution in [0.25, 0.3) is 0 Å². The van der Waals surface area contributed by atoms with Crippen molar-refractivity contribution in [2.45, 2.75) is 13.8 Å². The van der Waals surface area contributed by atoms with Crippen molar-refractivity contribution in [2.75, 3.05) is 13.2 Å². The maximum atomic E-state index is 11.6. The predicted molar refractivity (Wildman–Crippen MR) is 60.6 cm³/mol. The van der Waals surface area contributed by atoms with Gasteiger partial charge in [-0.05, 0) is 11.0 Å². The fourth-order valence-corrected chi connectivity index (χ4v) is 1.09. The molecule has 94 valence electrons. The molecule has 0 spiro atoms. The van der Waals surface area contributed by atoms with Crippen LogP contribution in [0.4, 0.5) is 5.82 Å². The van der Waals surface area contributed by atoms with Crippen molar-refractivity contribution in [3.63, 3.8) is 0 Å². The summed E-state index contributed by atoms with van der Waals surface area (Å²) in [6.45, 7) is 3.82. The standard InChI is InChI=1S/C10H15N3O4/c1-10(2,6-14)5-11-9(15)7-3-4-8(12-7)13(16)17/h3-4,12,14H,5-6H2,1-2H3,(H,11,15). The van der Waals surface area contributed by atoms with Crippen molar-refractivity contribution in [1.82, 2.24) is 10.3 Å². The molecule has 1 heterocycles. The molecule has 0 unspecified atom stereocenters. The van der Waals surface area contributed by atoms with Gasteiger partial charge in [-0.25, -0.2) is 4.98 Å². The van der Waals surface area contributed by atoms with Gasteiger partial charge in [0.05, 0.1) is 0 Å². The van der Waals surface area contributed by atoms with E-state index in [1.165, 1.54) is 12.1 Å². The van der Waals surface area contributed by atoms with Crippen LogP contribution in [0.5, 0.6) is 0 Å². The van der Waals surface area contributed by atoms with E-state index in [2.05, 4.69) is 10.3 Å². The van der Waals surface area contributed by atoms with E-state index in [9.17, 15) is 14.9 Å². The van der Waals surface area contributed by atoms with Crippen LogP contribution in [-0.4, -0.2) is 34.1 Å². The lowest BCUT2D eigenvalue weighted by molar-refractivity contribution is -0.389. The van der Waals surface area contributed by atoms with Crippen molar-refractivity contribution in [3.8, 4) is 0 Å². The highest BCUT2D eigenvalue weighted by Crippen LogP contribution is 2.13. The molecule has 0 aliphatic heterocycles. The highest BCUT2D eigenvalue weighted by atomic mass is 16.6. The van der Waals surface area contributed by atoms with Gasteiger partial charge in [-0.3, -0.25) is 4.79 Å². The van der Waals surface area contributed by atoms with E-state index >= 15 is 0 Å². The van der Waals surface area contributed by atoms with Gasteiger partial charge in [0.2, 0.25) is 0 Å². The summed E-state index contributed by atoms with van der Waals surface area (Å²) in [4.78, 5) is 23.8. The predicted octanol–water partition coefficient (Wildman–Crippen LogP) is 0.671. The third-order valence-electron chi connectivity index (χ3n) is 2.27. The van der Waals surface area contributed by atoms with Crippen LogP contribution < -0.4 is 5.32 Å². The minimum atomic E-state index is -0.603. The van der Waals surface area contributed by atoms with Crippen molar-refractivity contribution < 1.29 is 14.8 Å². The monoisotopic (exact) mass is 241 g/mol. The first kappa shape index (κ1) is 13.2. The summed E-state index contributed by atoms with van der Waals surface area (Å²) in [5.74, 6) is -0.656. The lowest BCUT2D eigenvalue weighted by Gasteiger charge is -2.21. The highest BCUT2D eigenvalue weighted by Gasteiger charge is 2.20. The van der Waals surface area contributed by atoms with E-state index in [0.29, 0.717) is 0 Å². The minimum absolute atomic E-state index is 0.0574. The first-order valence-corrected chi connectivity index (χ1v) is 5.08. The van der Waals surface area contributed by atoms with E-state index in [1.54, 1.807) is 13.8 Å². The molecule has 17 heavy (non-hydrogen) atoms. The van der Waals surface area contributed by atoms with Crippen molar-refractivity contribution in [2.24, 2.45) is 5.41 Å². The summed E-state index contributed by atoms with van der Waals surface area (Å²) in [7, 11) is 0. The molecular formula is C10H15N3O4. The largest absolute Gasteiger partial charge is 0.396 e. The first-order chi connectivity index (χ1) is 7.85. The first-order valence-electron chi connectivity index (χ1n) is 5.08. The summed E-state index contributed by atoms with van der Waals surface area (Å²) >= 11 is 0. The summed E-state index contributed by atoms with van der Waals surface area (Å²) in [5, 5.41) is 22.0. The molecule has 1 aromatic heterocycles. The summed E-state index contributed by atoms with van der Waals surface area (Å²) in [6, 6.07) is 2.57. The van der Waals surface area contributed by atoms with Crippen molar-refractivity contribution in [3.05, 3.63) is 27.9 Å². The smallest absolute Gasteiger partial charge is 0.321 e. The number of rotatable bonds is 5. The maximum Gasteiger partial charge on any atom is 0.321 e. The average Bonchev–Trinajstić information content (AvgIpc) is 2.75. The lowest BCUT2D eigenvalue weighted by Crippen LogP contribution is -2.36. The number of nitrogens with one attached hydrogen (secondary N) is 2. The van der Waals surface area contributed by atoms with E-state index in [0.717, 1.165) is 0 Å². The van der Waals surface area contributed by atoms with Crippen LogP contribution >= 0.6 is 0 Å². The molecule has 7 heteroatoms. The Morgan fingerprint density at radius 2 is 2.24 bits per heavy atom. The number of hydrogen-bond acceptors (Lipinski definition) is 4. The van der Waals surface area contributed by atoms with Gasteiger partial charge in [0.25, 0.3) is 5.91 Å². The van der Waals surface area contributed by atoms with Crippen molar-refractivity contribution in [1.29, 1.82) is 0 Å². The van der Waals surface area contributed by atoms with E-state index in [1.807, 2.05) is 0 Å². The fraction of sp³-hybridized carbons (Fsp3) is 0.500. The maximum absolute atomic E-state index is 11.6. The number of aromatic amines is 1. The van der Waals surface area contributed by atoms with E-state index < -0.39 is 16.2 Å². The highest BCUT2D eigenvalue weighted by molar-refractivity contribution is 5.92. The molecule has 7 nitrogen and oxygen atoms in total. The molecule has 0 atom stereocenters.